The van der Waals surface area contributed by atoms with Crippen LogP contribution in [0.5, 0.6) is 5.75 Å². The molecule has 18 heavy (non-hydrogen) atoms. The van der Waals surface area contributed by atoms with E-state index >= 15 is 0 Å². The van der Waals surface area contributed by atoms with Gasteiger partial charge >= 0.3 is 0 Å². The summed E-state index contributed by atoms with van der Waals surface area (Å²) in [6, 6.07) is 6.49. The van der Waals surface area contributed by atoms with Gasteiger partial charge in [0.1, 0.15) is 5.75 Å². The molecular weight excluding hydrogens is 224 g/mol. The third-order valence-electron chi connectivity index (χ3n) is 3.75. The molecule has 1 N–H and O–H groups in total. The van der Waals surface area contributed by atoms with Gasteiger partial charge in [-0.2, -0.15) is 0 Å². The highest BCUT2D eigenvalue weighted by Crippen LogP contribution is 2.38. The van der Waals surface area contributed by atoms with Crippen molar-refractivity contribution in [2.75, 3.05) is 27.7 Å². The fourth-order valence-electron chi connectivity index (χ4n) is 2.85. The van der Waals surface area contributed by atoms with E-state index < -0.39 is 0 Å². The Morgan fingerprint density at radius 1 is 1.39 bits per heavy atom. The van der Waals surface area contributed by atoms with Crippen LogP contribution in [0.15, 0.2) is 18.2 Å². The Balaban J connectivity index is 2.41. The highest BCUT2D eigenvalue weighted by Gasteiger charge is 2.33. The second-order valence-corrected chi connectivity index (χ2v) is 5.60. The molecule has 3 heteroatoms. The number of methoxy groups -OCH3 is 1. The van der Waals surface area contributed by atoms with E-state index in [1.807, 2.05) is 0 Å². The molecule has 0 saturated carbocycles. The molecule has 1 aromatic carbocycles. The van der Waals surface area contributed by atoms with Crippen molar-refractivity contribution in [3.05, 3.63) is 29.3 Å². The van der Waals surface area contributed by atoms with E-state index in [0.29, 0.717) is 0 Å². The van der Waals surface area contributed by atoms with Crippen molar-refractivity contribution in [1.29, 1.82) is 0 Å². The average Bonchev–Trinajstić information content (AvgIpc) is 2.76. The SMILES string of the molecule is COc1c(CN(C)C)cccc1C1(C)CCCN1. The Kier molecular flexibility index (Phi) is 3.93. The number of nitrogens with zero attached hydrogens (tertiary/aromatic N) is 1. The minimum absolute atomic E-state index is 0.0632. The number of hydrogen-bond donors (Lipinski definition) is 1. The molecule has 0 spiro atoms. The molecule has 1 aromatic rings. The van der Waals surface area contributed by atoms with Crippen LogP contribution in [0.25, 0.3) is 0 Å². The molecular formula is C15H24N2O. The summed E-state index contributed by atoms with van der Waals surface area (Å²) in [7, 11) is 5.94. The molecule has 1 aliphatic rings. The van der Waals surface area contributed by atoms with E-state index in [1.54, 1.807) is 7.11 Å². The van der Waals surface area contributed by atoms with Gasteiger partial charge in [0.15, 0.2) is 0 Å². The lowest BCUT2D eigenvalue weighted by atomic mass is 9.88. The van der Waals surface area contributed by atoms with Gasteiger partial charge in [0.05, 0.1) is 7.11 Å². The van der Waals surface area contributed by atoms with Crippen LogP contribution in [0.3, 0.4) is 0 Å². The number of ether oxygens (including phenoxy) is 1. The van der Waals surface area contributed by atoms with Crippen molar-refractivity contribution in [3.8, 4) is 5.75 Å². The number of benzene rings is 1. The number of para-hydroxylation sites is 1. The fourth-order valence-corrected chi connectivity index (χ4v) is 2.85. The quantitative estimate of drug-likeness (QED) is 0.885. The maximum absolute atomic E-state index is 5.69. The molecule has 0 aromatic heterocycles. The van der Waals surface area contributed by atoms with Gasteiger partial charge in [0.2, 0.25) is 0 Å². The Labute approximate surface area is 110 Å². The van der Waals surface area contributed by atoms with E-state index in [9.17, 15) is 0 Å². The summed E-state index contributed by atoms with van der Waals surface area (Å²) in [6.45, 7) is 4.28. The minimum atomic E-state index is 0.0632. The topological polar surface area (TPSA) is 24.5 Å². The summed E-state index contributed by atoms with van der Waals surface area (Å²) < 4.78 is 5.69. The van der Waals surface area contributed by atoms with Gasteiger partial charge in [-0.15, -0.1) is 0 Å². The molecule has 3 nitrogen and oxygen atoms in total. The van der Waals surface area contributed by atoms with Crippen LogP contribution >= 0.6 is 0 Å². The van der Waals surface area contributed by atoms with Crippen molar-refractivity contribution in [3.63, 3.8) is 0 Å². The van der Waals surface area contributed by atoms with Crippen molar-refractivity contribution in [2.24, 2.45) is 0 Å². The van der Waals surface area contributed by atoms with Crippen molar-refractivity contribution >= 4 is 0 Å². The Morgan fingerprint density at radius 2 is 2.17 bits per heavy atom. The van der Waals surface area contributed by atoms with Gasteiger partial charge in [-0.25, -0.2) is 0 Å². The first-order valence-electron chi connectivity index (χ1n) is 6.63. The number of hydrogen-bond acceptors (Lipinski definition) is 3. The second kappa shape index (κ2) is 5.29. The molecule has 1 aliphatic heterocycles. The molecule has 1 atom stereocenters. The van der Waals surface area contributed by atoms with E-state index in [-0.39, 0.29) is 5.54 Å². The van der Waals surface area contributed by atoms with Crippen LogP contribution in [-0.4, -0.2) is 32.6 Å². The second-order valence-electron chi connectivity index (χ2n) is 5.60. The summed E-state index contributed by atoms with van der Waals surface area (Å²) in [5.74, 6) is 1.04. The molecule has 0 radical (unpaired) electrons. The summed E-state index contributed by atoms with van der Waals surface area (Å²) >= 11 is 0. The van der Waals surface area contributed by atoms with Crippen LogP contribution in [-0.2, 0) is 12.1 Å². The maximum atomic E-state index is 5.69. The molecule has 2 rings (SSSR count). The van der Waals surface area contributed by atoms with Crippen molar-refractivity contribution < 1.29 is 4.74 Å². The molecule has 0 aliphatic carbocycles. The number of rotatable bonds is 4. The summed E-state index contributed by atoms with van der Waals surface area (Å²) in [5.41, 5.74) is 2.62. The predicted molar refractivity (Wildman–Crippen MR) is 75.0 cm³/mol. The van der Waals surface area contributed by atoms with Gasteiger partial charge < -0.3 is 15.0 Å². The van der Waals surface area contributed by atoms with E-state index in [0.717, 1.165) is 18.8 Å². The van der Waals surface area contributed by atoms with Crippen LogP contribution in [0.2, 0.25) is 0 Å². The van der Waals surface area contributed by atoms with Gasteiger partial charge in [-0.3, -0.25) is 0 Å². The van der Waals surface area contributed by atoms with Gasteiger partial charge in [-0.1, -0.05) is 18.2 Å². The molecule has 1 saturated heterocycles. The highest BCUT2D eigenvalue weighted by molar-refractivity contribution is 5.45. The zero-order valence-electron chi connectivity index (χ0n) is 11.9. The molecule has 0 bridgehead atoms. The van der Waals surface area contributed by atoms with E-state index in [1.165, 1.54) is 24.0 Å². The largest absolute Gasteiger partial charge is 0.496 e. The average molecular weight is 248 g/mol. The Morgan fingerprint density at radius 3 is 2.72 bits per heavy atom. The van der Waals surface area contributed by atoms with Crippen LogP contribution in [0.1, 0.15) is 30.9 Å². The monoisotopic (exact) mass is 248 g/mol. The van der Waals surface area contributed by atoms with Gasteiger partial charge in [0, 0.05) is 23.2 Å². The Bertz CT molecular complexity index is 409. The summed E-state index contributed by atoms with van der Waals surface area (Å²) in [4.78, 5) is 2.17. The first-order valence-corrected chi connectivity index (χ1v) is 6.63. The molecule has 1 heterocycles. The predicted octanol–water partition coefficient (Wildman–Crippen LogP) is 2.36. The zero-order valence-corrected chi connectivity index (χ0v) is 11.9. The minimum Gasteiger partial charge on any atom is -0.496 e. The number of nitrogens with one attached hydrogen (secondary N) is 1. The van der Waals surface area contributed by atoms with E-state index in [2.05, 4.69) is 49.4 Å². The molecule has 100 valence electrons. The van der Waals surface area contributed by atoms with Crippen LogP contribution < -0.4 is 10.1 Å². The normalized spacial score (nSPS) is 23.6. The first kappa shape index (κ1) is 13.4. The van der Waals surface area contributed by atoms with Gasteiger partial charge in [-0.05, 0) is 40.4 Å². The molecule has 1 fully saturated rings. The van der Waals surface area contributed by atoms with Crippen LogP contribution in [0.4, 0.5) is 0 Å². The lowest BCUT2D eigenvalue weighted by Crippen LogP contribution is -2.33. The highest BCUT2D eigenvalue weighted by atomic mass is 16.5. The van der Waals surface area contributed by atoms with E-state index in [4.69, 9.17) is 4.74 Å². The summed E-state index contributed by atoms with van der Waals surface area (Å²) in [5, 5.41) is 3.61. The van der Waals surface area contributed by atoms with Crippen LogP contribution in [0, 0.1) is 0 Å². The standard InChI is InChI=1S/C15H24N2O/c1-15(9-6-10-16-15)13-8-5-7-12(11-17(2)3)14(13)18-4/h5,7-8,16H,6,9-11H2,1-4H3. The molecule has 0 amide bonds. The smallest absolute Gasteiger partial charge is 0.128 e. The third kappa shape index (κ3) is 2.52. The van der Waals surface area contributed by atoms with Gasteiger partial charge in [0.25, 0.3) is 0 Å². The first-order chi connectivity index (χ1) is 8.57. The zero-order chi connectivity index (χ0) is 13.2. The third-order valence-corrected chi connectivity index (χ3v) is 3.75. The maximum Gasteiger partial charge on any atom is 0.128 e. The fraction of sp³-hybridized carbons (Fsp3) is 0.600. The molecule has 1 unspecified atom stereocenters. The van der Waals surface area contributed by atoms with Crippen molar-refractivity contribution in [2.45, 2.75) is 31.8 Å². The summed E-state index contributed by atoms with van der Waals surface area (Å²) in [6.07, 6.45) is 2.41. The lowest BCUT2D eigenvalue weighted by molar-refractivity contribution is 0.350. The lowest BCUT2D eigenvalue weighted by Gasteiger charge is -2.28. The Hall–Kier alpha value is -1.06. The van der Waals surface area contributed by atoms with Crippen molar-refractivity contribution in [1.82, 2.24) is 10.2 Å².